The molecule has 0 aliphatic carbocycles. The van der Waals surface area contributed by atoms with E-state index in [4.69, 9.17) is 4.74 Å². The predicted octanol–water partition coefficient (Wildman–Crippen LogP) is 3.06. The normalized spacial score (nSPS) is 13.7. The van der Waals surface area contributed by atoms with Crippen LogP contribution in [0.4, 0.5) is 16.2 Å². The van der Waals surface area contributed by atoms with Gasteiger partial charge in [0, 0.05) is 5.56 Å². The maximum atomic E-state index is 12.1. The minimum atomic E-state index is -0.119. The molecule has 1 aliphatic heterocycles. The summed E-state index contributed by atoms with van der Waals surface area (Å²) in [5.74, 6) is 0.790. The Morgan fingerprint density at radius 3 is 2.63 bits per heavy atom. The molecule has 0 unspecified atom stereocenters. The minimum absolute atomic E-state index is 0.119. The van der Waals surface area contributed by atoms with Gasteiger partial charge in [-0.2, -0.15) is 0 Å². The molecule has 0 atom stereocenters. The highest BCUT2D eigenvalue weighted by atomic mass is 16.5. The molecule has 0 saturated heterocycles. The second-order valence-corrected chi connectivity index (χ2v) is 4.29. The van der Waals surface area contributed by atoms with Gasteiger partial charge in [0.2, 0.25) is 0 Å². The van der Waals surface area contributed by atoms with Crippen LogP contribution in [0.5, 0.6) is 5.75 Å². The standard InChI is InChI=1S/C15H14N2O2/c1-19-14-9-5-8-13-12(14)10-16-15(18)17(13)11-6-3-2-4-7-11/h2-9H,10H2,1H3,(H,16,18). The average Bonchev–Trinajstić information content (AvgIpc) is 2.47. The predicted molar refractivity (Wildman–Crippen MR) is 73.8 cm³/mol. The Labute approximate surface area is 111 Å². The molecule has 4 heteroatoms. The van der Waals surface area contributed by atoms with Crippen LogP contribution in [0.15, 0.2) is 48.5 Å². The molecule has 1 heterocycles. The van der Waals surface area contributed by atoms with Crippen molar-refractivity contribution in [1.29, 1.82) is 0 Å². The number of carbonyl (C=O) groups excluding carboxylic acids is 1. The largest absolute Gasteiger partial charge is 0.496 e. The summed E-state index contributed by atoms with van der Waals surface area (Å²) in [6, 6.07) is 15.2. The minimum Gasteiger partial charge on any atom is -0.496 e. The lowest BCUT2D eigenvalue weighted by molar-refractivity contribution is 0.246. The van der Waals surface area contributed by atoms with Crippen LogP contribution in [0.2, 0.25) is 0 Å². The van der Waals surface area contributed by atoms with Gasteiger partial charge in [-0.1, -0.05) is 24.3 Å². The summed E-state index contributed by atoms with van der Waals surface area (Å²) in [5.41, 5.74) is 2.71. The van der Waals surface area contributed by atoms with Crippen LogP contribution in [0.25, 0.3) is 0 Å². The van der Waals surface area contributed by atoms with E-state index in [1.165, 1.54) is 0 Å². The van der Waals surface area contributed by atoms with Crippen molar-refractivity contribution in [3.05, 3.63) is 54.1 Å². The molecule has 96 valence electrons. The Balaban J connectivity index is 2.15. The Kier molecular flexibility index (Phi) is 2.83. The van der Waals surface area contributed by atoms with Crippen LogP contribution < -0.4 is 15.0 Å². The number of methoxy groups -OCH3 is 1. The van der Waals surface area contributed by atoms with Crippen molar-refractivity contribution in [3.8, 4) is 5.75 Å². The van der Waals surface area contributed by atoms with Gasteiger partial charge >= 0.3 is 6.03 Å². The summed E-state index contributed by atoms with van der Waals surface area (Å²) in [6.07, 6.45) is 0. The van der Waals surface area contributed by atoms with Gasteiger partial charge in [0.1, 0.15) is 5.75 Å². The zero-order chi connectivity index (χ0) is 13.2. The molecule has 1 aliphatic rings. The molecule has 4 nitrogen and oxygen atoms in total. The quantitative estimate of drug-likeness (QED) is 0.894. The molecule has 0 bridgehead atoms. The molecule has 2 aromatic carbocycles. The maximum absolute atomic E-state index is 12.1. The molecular weight excluding hydrogens is 240 g/mol. The zero-order valence-corrected chi connectivity index (χ0v) is 10.6. The number of ether oxygens (including phenoxy) is 1. The first-order chi connectivity index (χ1) is 9.31. The number of urea groups is 1. The molecular formula is C15H14N2O2. The molecule has 0 fully saturated rings. The highest BCUT2D eigenvalue weighted by Gasteiger charge is 2.26. The smallest absolute Gasteiger partial charge is 0.326 e. The van der Waals surface area contributed by atoms with E-state index < -0.39 is 0 Å². The van der Waals surface area contributed by atoms with E-state index in [-0.39, 0.29) is 6.03 Å². The Morgan fingerprint density at radius 2 is 1.89 bits per heavy atom. The summed E-state index contributed by atoms with van der Waals surface area (Å²) in [6.45, 7) is 0.488. The third-order valence-corrected chi connectivity index (χ3v) is 3.20. The van der Waals surface area contributed by atoms with Crippen molar-refractivity contribution in [1.82, 2.24) is 5.32 Å². The summed E-state index contributed by atoms with van der Waals surface area (Å²) >= 11 is 0. The van der Waals surface area contributed by atoms with Crippen molar-refractivity contribution in [2.24, 2.45) is 0 Å². The van der Waals surface area contributed by atoms with Gasteiger partial charge in [-0.15, -0.1) is 0 Å². The van der Waals surface area contributed by atoms with Crippen LogP contribution in [0.1, 0.15) is 5.56 Å². The summed E-state index contributed by atoms with van der Waals surface area (Å²) < 4.78 is 5.35. The number of amides is 2. The number of fused-ring (bicyclic) bond motifs is 1. The molecule has 19 heavy (non-hydrogen) atoms. The molecule has 3 rings (SSSR count). The van der Waals surface area contributed by atoms with Crippen molar-refractivity contribution in [3.63, 3.8) is 0 Å². The number of carbonyl (C=O) groups is 1. The number of benzene rings is 2. The first-order valence-electron chi connectivity index (χ1n) is 6.10. The maximum Gasteiger partial charge on any atom is 0.326 e. The Morgan fingerprint density at radius 1 is 1.11 bits per heavy atom. The number of nitrogens with one attached hydrogen (secondary N) is 1. The highest BCUT2D eigenvalue weighted by molar-refractivity contribution is 6.02. The van der Waals surface area contributed by atoms with E-state index >= 15 is 0 Å². The monoisotopic (exact) mass is 254 g/mol. The van der Waals surface area contributed by atoms with Crippen molar-refractivity contribution < 1.29 is 9.53 Å². The van der Waals surface area contributed by atoms with Crippen LogP contribution in [0, 0.1) is 0 Å². The van der Waals surface area contributed by atoms with E-state index in [9.17, 15) is 4.79 Å². The number of para-hydroxylation sites is 1. The molecule has 0 spiro atoms. The second kappa shape index (κ2) is 4.65. The zero-order valence-electron chi connectivity index (χ0n) is 10.6. The lowest BCUT2D eigenvalue weighted by Crippen LogP contribution is -2.41. The van der Waals surface area contributed by atoms with Gasteiger partial charge < -0.3 is 10.1 Å². The van der Waals surface area contributed by atoms with Gasteiger partial charge in [0.15, 0.2) is 0 Å². The number of hydrogen-bond donors (Lipinski definition) is 1. The SMILES string of the molecule is COc1cccc2c1CNC(=O)N2c1ccccc1. The third-order valence-electron chi connectivity index (χ3n) is 3.20. The van der Waals surface area contributed by atoms with E-state index in [0.717, 1.165) is 22.7 Å². The molecule has 2 amide bonds. The number of hydrogen-bond acceptors (Lipinski definition) is 2. The molecule has 0 saturated carbocycles. The first-order valence-corrected chi connectivity index (χ1v) is 6.10. The Bertz CT molecular complexity index is 611. The van der Waals surface area contributed by atoms with E-state index in [1.54, 1.807) is 12.0 Å². The van der Waals surface area contributed by atoms with Crippen molar-refractivity contribution in [2.75, 3.05) is 12.0 Å². The first kappa shape index (κ1) is 11.6. The molecule has 0 aromatic heterocycles. The van der Waals surface area contributed by atoms with Crippen LogP contribution in [0.3, 0.4) is 0 Å². The number of rotatable bonds is 2. The van der Waals surface area contributed by atoms with E-state index in [1.807, 2.05) is 48.5 Å². The van der Waals surface area contributed by atoms with Gasteiger partial charge in [-0.3, -0.25) is 4.90 Å². The topological polar surface area (TPSA) is 41.6 Å². The summed E-state index contributed by atoms with van der Waals surface area (Å²) in [4.78, 5) is 13.8. The van der Waals surface area contributed by atoms with Crippen molar-refractivity contribution >= 4 is 17.4 Å². The summed E-state index contributed by atoms with van der Waals surface area (Å²) in [5, 5.41) is 2.87. The fourth-order valence-corrected chi connectivity index (χ4v) is 2.32. The number of nitrogens with zero attached hydrogens (tertiary/aromatic N) is 1. The van der Waals surface area contributed by atoms with Crippen LogP contribution in [-0.4, -0.2) is 13.1 Å². The van der Waals surface area contributed by atoms with Gasteiger partial charge in [-0.25, -0.2) is 4.79 Å². The van der Waals surface area contributed by atoms with Crippen LogP contribution >= 0.6 is 0 Å². The highest BCUT2D eigenvalue weighted by Crippen LogP contribution is 2.36. The Hall–Kier alpha value is -2.49. The summed E-state index contributed by atoms with van der Waals surface area (Å²) in [7, 11) is 1.64. The van der Waals surface area contributed by atoms with Gasteiger partial charge in [0.25, 0.3) is 0 Å². The van der Waals surface area contributed by atoms with E-state index in [0.29, 0.717) is 6.54 Å². The fourth-order valence-electron chi connectivity index (χ4n) is 2.32. The van der Waals surface area contributed by atoms with Gasteiger partial charge in [-0.05, 0) is 24.3 Å². The lowest BCUT2D eigenvalue weighted by Gasteiger charge is -2.30. The van der Waals surface area contributed by atoms with Crippen molar-refractivity contribution in [2.45, 2.75) is 6.54 Å². The number of anilines is 2. The molecule has 1 N–H and O–H groups in total. The average molecular weight is 254 g/mol. The second-order valence-electron chi connectivity index (χ2n) is 4.29. The van der Waals surface area contributed by atoms with E-state index in [2.05, 4.69) is 5.32 Å². The van der Waals surface area contributed by atoms with Crippen LogP contribution in [-0.2, 0) is 6.54 Å². The molecule has 0 radical (unpaired) electrons. The fraction of sp³-hybridized carbons (Fsp3) is 0.133. The van der Waals surface area contributed by atoms with Gasteiger partial charge in [0.05, 0.1) is 25.0 Å². The molecule has 2 aromatic rings. The third kappa shape index (κ3) is 1.91. The lowest BCUT2D eigenvalue weighted by atomic mass is 10.1.